The van der Waals surface area contributed by atoms with E-state index in [-0.39, 0.29) is 10.0 Å². The zero-order chi connectivity index (χ0) is 12.9. The lowest BCUT2D eigenvalue weighted by atomic mass is 10.4. The number of benzene rings is 1. The normalized spacial score (nSPS) is 10.9. The number of hydrogen-bond donors (Lipinski definition) is 2. The lowest BCUT2D eigenvalue weighted by molar-refractivity contribution is 0.587. The average Bonchev–Trinajstić information content (AvgIpc) is 2.26. The van der Waals surface area contributed by atoms with Gasteiger partial charge in [0.15, 0.2) is 5.11 Å². The SMILES string of the molecule is CCCNC(=S)NS(=O)(=O)c1cccc(F)c1. The van der Waals surface area contributed by atoms with Gasteiger partial charge in [-0.25, -0.2) is 12.8 Å². The highest BCUT2D eigenvalue weighted by molar-refractivity contribution is 7.91. The lowest BCUT2D eigenvalue weighted by Crippen LogP contribution is -2.39. The average molecular weight is 276 g/mol. The van der Waals surface area contributed by atoms with Gasteiger partial charge in [0, 0.05) is 6.54 Å². The summed E-state index contributed by atoms with van der Waals surface area (Å²) in [4.78, 5) is -0.154. The molecular weight excluding hydrogens is 263 g/mol. The number of hydrogen-bond acceptors (Lipinski definition) is 3. The van der Waals surface area contributed by atoms with Crippen LogP contribution in [0.1, 0.15) is 13.3 Å². The first kappa shape index (κ1) is 13.9. The van der Waals surface area contributed by atoms with Crippen LogP contribution in [0.15, 0.2) is 29.2 Å². The molecule has 0 aromatic heterocycles. The van der Waals surface area contributed by atoms with Crippen molar-refractivity contribution in [3.63, 3.8) is 0 Å². The number of halogens is 1. The van der Waals surface area contributed by atoms with Gasteiger partial charge in [0.25, 0.3) is 10.0 Å². The van der Waals surface area contributed by atoms with Crippen LogP contribution in [-0.4, -0.2) is 20.1 Å². The molecule has 1 aromatic carbocycles. The molecule has 2 N–H and O–H groups in total. The summed E-state index contributed by atoms with van der Waals surface area (Å²) in [6, 6.07) is 4.73. The van der Waals surface area contributed by atoms with Crippen molar-refractivity contribution < 1.29 is 12.8 Å². The van der Waals surface area contributed by atoms with E-state index in [1.807, 2.05) is 6.92 Å². The molecule has 94 valence electrons. The minimum absolute atomic E-state index is 0.0103. The van der Waals surface area contributed by atoms with Gasteiger partial charge < -0.3 is 5.32 Å². The Hall–Kier alpha value is -1.21. The van der Waals surface area contributed by atoms with Gasteiger partial charge in [0.1, 0.15) is 5.82 Å². The molecule has 17 heavy (non-hydrogen) atoms. The highest BCUT2D eigenvalue weighted by Gasteiger charge is 2.15. The molecule has 0 fully saturated rings. The Bertz CT molecular complexity index is 503. The molecule has 1 rings (SSSR count). The Morgan fingerprint density at radius 1 is 1.47 bits per heavy atom. The third-order valence-electron chi connectivity index (χ3n) is 1.87. The van der Waals surface area contributed by atoms with Gasteiger partial charge in [-0.15, -0.1) is 0 Å². The van der Waals surface area contributed by atoms with Crippen molar-refractivity contribution in [2.24, 2.45) is 0 Å². The first-order chi connectivity index (χ1) is 7.95. The molecule has 0 aliphatic carbocycles. The Labute approximate surface area is 105 Å². The largest absolute Gasteiger partial charge is 0.362 e. The summed E-state index contributed by atoms with van der Waals surface area (Å²) < 4.78 is 38.6. The molecule has 0 spiro atoms. The molecule has 4 nitrogen and oxygen atoms in total. The Morgan fingerprint density at radius 2 is 2.18 bits per heavy atom. The summed E-state index contributed by atoms with van der Waals surface area (Å²) >= 11 is 4.81. The first-order valence-corrected chi connectivity index (χ1v) is 6.91. The fourth-order valence-electron chi connectivity index (χ4n) is 1.09. The minimum atomic E-state index is -3.81. The molecule has 0 heterocycles. The van der Waals surface area contributed by atoms with Crippen LogP contribution in [0, 0.1) is 5.82 Å². The van der Waals surface area contributed by atoms with E-state index in [4.69, 9.17) is 12.2 Å². The summed E-state index contributed by atoms with van der Waals surface area (Å²) in [5, 5.41) is 2.73. The summed E-state index contributed by atoms with van der Waals surface area (Å²) in [7, 11) is -3.81. The maximum atomic E-state index is 12.9. The van der Waals surface area contributed by atoms with Crippen LogP contribution in [-0.2, 0) is 10.0 Å². The van der Waals surface area contributed by atoms with Crippen LogP contribution in [0.25, 0.3) is 0 Å². The van der Waals surface area contributed by atoms with Crippen LogP contribution < -0.4 is 10.0 Å². The zero-order valence-corrected chi connectivity index (χ0v) is 10.9. The molecule has 0 saturated carbocycles. The number of rotatable bonds is 4. The topological polar surface area (TPSA) is 58.2 Å². The summed E-state index contributed by atoms with van der Waals surface area (Å²) in [6.07, 6.45) is 0.821. The number of nitrogens with one attached hydrogen (secondary N) is 2. The first-order valence-electron chi connectivity index (χ1n) is 5.02. The van der Waals surface area contributed by atoms with Crippen LogP contribution >= 0.6 is 12.2 Å². The van der Waals surface area contributed by atoms with E-state index in [9.17, 15) is 12.8 Å². The molecule has 0 aliphatic heterocycles. The second-order valence-corrected chi connectivity index (χ2v) is 5.41. The second-order valence-electron chi connectivity index (χ2n) is 3.32. The summed E-state index contributed by atoms with van der Waals surface area (Å²) in [5.41, 5.74) is 0. The van der Waals surface area contributed by atoms with Gasteiger partial charge in [-0.3, -0.25) is 4.72 Å². The van der Waals surface area contributed by atoms with E-state index in [1.165, 1.54) is 18.2 Å². The molecule has 7 heteroatoms. The van der Waals surface area contributed by atoms with Crippen molar-refractivity contribution in [2.45, 2.75) is 18.2 Å². The molecule has 1 aromatic rings. The lowest BCUT2D eigenvalue weighted by Gasteiger charge is -2.10. The van der Waals surface area contributed by atoms with Gasteiger partial charge in [0.05, 0.1) is 4.90 Å². The van der Waals surface area contributed by atoms with E-state index in [1.54, 1.807) is 0 Å². The highest BCUT2D eigenvalue weighted by Crippen LogP contribution is 2.09. The molecule has 0 saturated heterocycles. The maximum Gasteiger partial charge on any atom is 0.263 e. The molecule has 0 aliphatic rings. The molecular formula is C10H13FN2O2S2. The van der Waals surface area contributed by atoms with Crippen molar-refractivity contribution >= 4 is 27.4 Å². The third kappa shape index (κ3) is 4.27. The Kier molecular flexibility index (Phi) is 4.83. The van der Waals surface area contributed by atoms with Crippen LogP contribution in [0.3, 0.4) is 0 Å². The summed E-state index contributed by atoms with van der Waals surface area (Å²) in [6.45, 7) is 2.50. The van der Waals surface area contributed by atoms with Gasteiger partial charge in [-0.1, -0.05) is 13.0 Å². The number of sulfonamides is 1. The van der Waals surface area contributed by atoms with Gasteiger partial charge >= 0.3 is 0 Å². The Balaban J connectivity index is 2.79. The number of thiocarbonyl (C=S) groups is 1. The molecule has 0 radical (unpaired) electrons. The zero-order valence-electron chi connectivity index (χ0n) is 9.23. The van der Waals surface area contributed by atoms with E-state index in [2.05, 4.69) is 10.0 Å². The predicted octanol–water partition coefficient (Wildman–Crippen LogP) is 1.39. The molecule has 0 atom stereocenters. The van der Waals surface area contributed by atoms with E-state index in [0.29, 0.717) is 6.54 Å². The molecule has 0 amide bonds. The van der Waals surface area contributed by atoms with Crippen LogP contribution in [0.2, 0.25) is 0 Å². The highest BCUT2D eigenvalue weighted by atomic mass is 32.2. The van der Waals surface area contributed by atoms with Gasteiger partial charge in [-0.2, -0.15) is 0 Å². The van der Waals surface area contributed by atoms with Crippen molar-refractivity contribution in [2.75, 3.05) is 6.54 Å². The fourth-order valence-corrected chi connectivity index (χ4v) is 2.48. The van der Waals surface area contributed by atoms with Crippen LogP contribution in [0.5, 0.6) is 0 Å². The van der Waals surface area contributed by atoms with Crippen molar-refractivity contribution in [1.29, 1.82) is 0 Å². The smallest absolute Gasteiger partial charge is 0.263 e. The van der Waals surface area contributed by atoms with Crippen LogP contribution in [0.4, 0.5) is 4.39 Å². The minimum Gasteiger partial charge on any atom is -0.362 e. The third-order valence-corrected chi connectivity index (χ3v) is 3.59. The van der Waals surface area contributed by atoms with E-state index in [0.717, 1.165) is 12.5 Å². The Morgan fingerprint density at radius 3 is 2.76 bits per heavy atom. The van der Waals surface area contributed by atoms with Crippen molar-refractivity contribution in [3.05, 3.63) is 30.1 Å². The van der Waals surface area contributed by atoms with Gasteiger partial charge in [0.2, 0.25) is 0 Å². The predicted molar refractivity (Wildman–Crippen MR) is 67.6 cm³/mol. The monoisotopic (exact) mass is 276 g/mol. The summed E-state index contributed by atoms with van der Waals surface area (Å²) in [5.74, 6) is -0.611. The van der Waals surface area contributed by atoms with Gasteiger partial charge in [-0.05, 0) is 36.8 Å². The standard InChI is InChI=1S/C10H13FN2O2S2/c1-2-6-12-10(16)13-17(14,15)9-5-3-4-8(11)7-9/h3-5,7H,2,6H2,1H3,(H2,12,13,16). The molecule has 0 bridgehead atoms. The molecule has 0 unspecified atom stereocenters. The van der Waals surface area contributed by atoms with E-state index >= 15 is 0 Å². The van der Waals surface area contributed by atoms with Crippen molar-refractivity contribution in [1.82, 2.24) is 10.0 Å². The second kappa shape index (κ2) is 5.92. The quantitative estimate of drug-likeness (QED) is 0.816. The van der Waals surface area contributed by atoms with Crippen molar-refractivity contribution in [3.8, 4) is 0 Å². The van der Waals surface area contributed by atoms with E-state index < -0.39 is 15.8 Å². The fraction of sp³-hybridized carbons (Fsp3) is 0.300. The maximum absolute atomic E-state index is 12.9.